The summed E-state index contributed by atoms with van der Waals surface area (Å²) in [5.41, 5.74) is 0. The molecule has 108 valence electrons. The van der Waals surface area contributed by atoms with Crippen LogP contribution in [-0.4, -0.2) is 52.1 Å². The highest BCUT2D eigenvalue weighted by molar-refractivity contribution is 5.42. The van der Waals surface area contributed by atoms with Gasteiger partial charge in [-0.05, 0) is 19.1 Å². The summed E-state index contributed by atoms with van der Waals surface area (Å²) in [5.74, 6) is 1.47. The molecule has 0 amide bonds. The summed E-state index contributed by atoms with van der Waals surface area (Å²) in [6.07, 6.45) is 1.48. The van der Waals surface area contributed by atoms with Crippen molar-refractivity contribution in [2.24, 2.45) is 0 Å². The predicted molar refractivity (Wildman–Crippen MR) is 68.7 cm³/mol. The van der Waals surface area contributed by atoms with Crippen LogP contribution in [0, 0.1) is 0 Å². The van der Waals surface area contributed by atoms with E-state index in [0.29, 0.717) is 30.6 Å². The lowest BCUT2D eigenvalue weighted by Crippen LogP contribution is -2.47. The van der Waals surface area contributed by atoms with Gasteiger partial charge in [-0.1, -0.05) is 0 Å². The zero-order chi connectivity index (χ0) is 13.9. The third kappa shape index (κ3) is 2.90. The van der Waals surface area contributed by atoms with Gasteiger partial charge in [0, 0.05) is 13.1 Å². The molecule has 0 aromatic carbocycles. The Kier molecular flexibility index (Phi) is 3.81. The lowest BCUT2D eigenvalue weighted by atomic mass is 10.2. The van der Waals surface area contributed by atoms with Gasteiger partial charge in [0.05, 0.1) is 31.6 Å². The summed E-state index contributed by atoms with van der Waals surface area (Å²) >= 11 is 0. The first kappa shape index (κ1) is 13.3. The van der Waals surface area contributed by atoms with Crippen molar-refractivity contribution >= 4 is 0 Å². The summed E-state index contributed by atoms with van der Waals surface area (Å²) in [6, 6.07) is 3.55. The van der Waals surface area contributed by atoms with Crippen molar-refractivity contribution in [3.8, 4) is 11.7 Å². The molecule has 1 saturated heterocycles. The van der Waals surface area contributed by atoms with Crippen LogP contribution in [0.1, 0.15) is 12.8 Å². The maximum atomic E-state index is 9.21. The number of rotatable bonds is 4. The van der Waals surface area contributed by atoms with Gasteiger partial charge in [-0.15, -0.1) is 10.2 Å². The number of aliphatic hydroxyl groups is 1. The van der Waals surface area contributed by atoms with E-state index in [2.05, 4.69) is 15.1 Å². The molecule has 0 aliphatic carbocycles. The molecule has 20 heavy (non-hydrogen) atoms. The molecule has 0 spiro atoms. The fourth-order valence-corrected chi connectivity index (χ4v) is 2.38. The van der Waals surface area contributed by atoms with Crippen molar-refractivity contribution in [1.29, 1.82) is 0 Å². The number of aromatic nitrogens is 2. The average Bonchev–Trinajstić information content (AvgIpc) is 3.08. The van der Waals surface area contributed by atoms with E-state index in [-0.39, 0.29) is 18.8 Å². The molecule has 1 N–H and O–H groups in total. The second kappa shape index (κ2) is 5.74. The van der Waals surface area contributed by atoms with Gasteiger partial charge in [0.1, 0.15) is 0 Å². The van der Waals surface area contributed by atoms with E-state index in [0.717, 1.165) is 6.54 Å². The molecule has 2 aromatic rings. The maximum Gasteiger partial charge on any atom is 0.283 e. The molecule has 0 radical (unpaired) electrons. The van der Waals surface area contributed by atoms with Crippen LogP contribution in [-0.2, 0) is 11.3 Å². The molecule has 2 unspecified atom stereocenters. The Labute approximate surface area is 116 Å². The largest absolute Gasteiger partial charge is 0.459 e. The van der Waals surface area contributed by atoms with E-state index in [9.17, 15) is 5.11 Å². The van der Waals surface area contributed by atoms with Crippen molar-refractivity contribution in [3.05, 3.63) is 24.3 Å². The monoisotopic (exact) mass is 279 g/mol. The Balaban J connectivity index is 1.66. The Morgan fingerprint density at radius 1 is 1.40 bits per heavy atom. The van der Waals surface area contributed by atoms with Crippen molar-refractivity contribution in [2.45, 2.75) is 25.7 Å². The SMILES string of the molecule is CC1CN(Cc2nnc(-c3ccco3)o2)CC(CO)O1. The standard InChI is InChI=1S/C13H17N3O4/c1-9-5-16(6-10(8-17)19-9)7-12-14-15-13(20-12)11-3-2-4-18-11/h2-4,9-10,17H,5-8H2,1H3. The number of hydrogen-bond donors (Lipinski definition) is 1. The summed E-state index contributed by atoms with van der Waals surface area (Å²) in [7, 11) is 0. The van der Waals surface area contributed by atoms with E-state index in [1.165, 1.54) is 0 Å². The molecule has 7 nitrogen and oxygen atoms in total. The van der Waals surface area contributed by atoms with Crippen LogP contribution < -0.4 is 0 Å². The molecule has 0 saturated carbocycles. The normalized spacial score (nSPS) is 24.1. The highest BCUT2D eigenvalue weighted by Gasteiger charge is 2.26. The van der Waals surface area contributed by atoms with Crippen molar-refractivity contribution in [1.82, 2.24) is 15.1 Å². The van der Waals surface area contributed by atoms with Gasteiger partial charge < -0.3 is 18.7 Å². The van der Waals surface area contributed by atoms with Crippen LogP contribution in [0.3, 0.4) is 0 Å². The van der Waals surface area contributed by atoms with Crippen LogP contribution in [0.2, 0.25) is 0 Å². The zero-order valence-electron chi connectivity index (χ0n) is 11.2. The van der Waals surface area contributed by atoms with Crippen molar-refractivity contribution in [3.63, 3.8) is 0 Å². The minimum atomic E-state index is -0.161. The first-order valence-electron chi connectivity index (χ1n) is 6.59. The molecule has 0 bridgehead atoms. The summed E-state index contributed by atoms with van der Waals surface area (Å²) in [5, 5.41) is 17.2. The van der Waals surface area contributed by atoms with E-state index in [4.69, 9.17) is 13.6 Å². The molecule has 1 aliphatic heterocycles. The number of nitrogens with zero attached hydrogens (tertiary/aromatic N) is 3. The lowest BCUT2D eigenvalue weighted by Gasteiger charge is -2.35. The van der Waals surface area contributed by atoms with Crippen LogP contribution in [0.4, 0.5) is 0 Å². The van der Waals surface area contributed by atoms with E-state index in [1.807, 2.05) is 6.92 Å². The smallest absolute Gasteiger partial charge is 0.283 e. The number of ether oxygens (including phenoxy) is 1. The zero-order valence-corrected chi connectivity index (χ0v) is 11.2. The number of hydrogen-bond acceptors (Lipinski definition) is 7. The highest BCUT2D eigenvalue weighted by Crippen LogP contribution is 2.19. The molecule has 2 aromatic heterocycles. The third-order valence-corrected chi connectivity index (χ3v) is 3.16. The molecule has 1 fully saturated rings. The number of aliphatic hydroxyl groups excluding tert-OH is 1. The van der Waals surface area contributed by atoms with Gasteiger partial charge in [-0.3, -0.25) is 4.90 Å². The van der Waals surface area contributed by atoms with Gasteiger partial charge in [-0.25, -0.2) is 0 Å². The fourth-order valence-electron chi connectivity index (χ4n) is 2.38. The van der Waals surface area contributed by atoms with Crippen LogP contribution in [0.15, 0.2) is 27.2 Å². The molecule has 1 aliphatic rings. The average molecular weight is 279 g/mol. The minimum Gasteiger partial charge on any atom is -0.459 e. The maximum absolute atomic E-state index is 9.21. The van der Waals surface area contributed by atoms with Gasteiger partial charge >= 0.3 is 0 Å². The quantitative estimate of drug-likeness (QED) is 0.890. The Morgan fingerprint density at radius 2 is 2.30 bits per heavy atom. The predicted octanol–water partition coefficient (Wildman–Crippen LogP) is 0.911. The van der Waals surface area contributed by atoms with E-state index in [1.54, 1.807) is 18.4 Å². The molecule has 3 heterocycles. The Morgan fingerprint density at radius 3 is 3.05 bits per heavy atom. The van der Waals surface area contributed by atoms with Gasteiger partial charge in [0.2, 0.25) is 5.89 Å². The molecule has 2 atom stereocenters. The second-order valence-electron chi connectivity index (χ2n) is 4.92. The number of morpholine rings is 1. The van der Waals surface area contributed by atoms with Crippen LogP contribution >= 0.6 is 0 Å². The van der Waals surface area contributed by atoms with Gasteiger partial charge in [0.25, 0.3) is 5.89 Å². The van der Waals surface area contributed by atoms with Crippen molar-refractivity contribution in [2.75, 3.05) is 19.7 Å². The molecule has 7 heteroatoms. The van der Waals surface area contributed by atoms with Gasteiger partial charge in [-0.2, -0.15) is 0 Å². The Bertz CT molecular complexity index is 540. The first-order valence-corrected chi connectivity index (χ1v) is 6.59. The van der Waals surface area contributed by atoms with Crippen molar-refractivity contribution < 1.29 is 18.7 Å². The third-order valence-electron chi connectivity index (χ3n) is 3.16. The van der Waals surface area contributed by atoms with E-state index >= 15 is 0 Å². The molecule has 3 rings (SSSR count). The van der Waals surface area contributed by atoms with Crippen LogP contribution in [0.5, 0.6) is 0 Å². The summed E-state index contributed by atoms with van der Waals surface area (Å²) in [6.45, 7) is 3.96. The first-order chi connectivity index (χ1) is 9.74. The summed E-state index contributed by atoms with van der Waals surface area (Å²) in [4.78, 5) is 2.13. The number of furan rings is 1. The molecular formula is C13H17N3O4. The molecular weight excluding hydrogens is 262 g/mol. The lowest BCUT2D eigenvalue weighted by molar-refractivity contribution is -0.0986. The van der Waals surface area contributed by atoms with E-state index < -0.39 is 0 Å². The summed E-state index contributed by atoms with van der Waals surface area (Å²) < 4.78 is 16.4. The second-order valence-corrected chi connectivity index (χ2v) is 4.92. The van der Waals surface area contributed by atoms with Crippen LogP contribution in [0.25, 0.3) is 11.7 Å². The highest BCUT2D eigenvalue weighted by atomic mass is 16.5. The van der Waals surface area contributed by atoms with Gasteiger partial charge in [0.15, 0.2) is 5.76 Å². The minimum absolute atomic E-state index is 0.0162. The Hall–Kier alpha value is -1.70. The fraction of sp³-hybridized carbons (Fsp3) is 0.538. The topological polar surface area (TPSA) is 84.8 Å².